The predicted molar refractivity (Wildman–Crippen MR) is 96.3 cm³/mol. The van der Waals surface area contributed by atoms with Crippen LogP contribution >= 0.6 is 12.2 Å². The number of piperazine rings is 1. The standard InChI is InChI=1S/C18H21N3S/c19-18(22)17-9-5-4-6-15(17)14-20-10-12-21(13-11-20)16-7-2-1-3-8-16/h1-9H,10-14H2,(H2,19,22). The van der Waals surface area contributed by atoms with Gasteiger partial charge in [-0.05, 0) is 17.7 Å². The van der Waals surface area contributed by atoms with Crippen LogP contribution in [0.1, 0.15) is 11.1 Å². The van der Waals surface area contributed by atoms with E-state index in [0.29, 0.717) is 4.99 Å². The Labute approximate surface area is 137 Å². The summed E-state index contributed by atoms with van der Waals surface area (Å²) in [6.07, 6.45) is 0. The lowest BCUT2D eigenvalue weighted by Gasteiger charge is -2.36. The van der Waals surface area contributed by atoms with Crippen LogP contribution in [-0.2, 0) is 6.54 Å². The summed E-state index contributed by atoms with van der Waals surface area (Å²) in [5, 5.41) is 0. The summed E-state index contributed by atoms with van der Waals surface area (Å²) in [6, 6.07) is 18.8. The number of hydrogen-bond donors (Lipinski definition) is 1. The molecule has 0 atom stereocenters. The maximum atomic E-state index is 5.82. The Morgan fingerprint density at radius 3 is 2.23 bits per heavy atom. The van der Waals surface area contributed by atoms with Crippen LogP contribution in [0.15, 0.2) is 54.6 Å². The lowest BCUT2D eigenvalue weighted by atomic mass is 10.1. The molecule has 0 radical (unpaired) electrons. The summed E-state index contributed by atoms with van der Waals surface area (Å²) in [5.41, 5.74) is 9.36. The Morgan fingerprint density at radius 1 is 0.909 bits per heavy atom. The van der Waals surface area contributed by atoms with E-state index >= 15 is 0 Å². The number of thiocarbonyl (C=S) groups is 1. The van der Waals surface area contributed by atoms with Crippen molar-refractivity contribution in [1.82, 2.24) is 4.90 Å². The number of rotatable bonds is 4. The first-order valence-corrected chi connectivity index (χ1v) is 8.05. The van der Waals surface area contributed by atoms with E-state index in [0.717, 1.165) is 38.3 Å². The third kappa shape index (κ3) is 3.46. The van der Waals surface area contributed by atoms with E-state index < -0.39 is 0 Å². The minimum absolute atomic E-state index is 0.485. The molecule has 1 aliphatic heterocycles. The molecule has 0 spiro atoms. The Morgan fingerprint density at radius 2 is 1.55 bits per heavy atom. The second-order valence-electron chi connectivity index (χ2n) is 5.62. The van der Waals surface area contributed by atoms with Gasteiger partial charge in [-0.2, -0.15) is 0 Å². The van der Waals surface area contributed by atoms with Gasteiger partial charge >= 0.3 is 0 Å². The van der Waals surface area contributed by atoms with E-state index in [1.807, 2.05) is 12.1 Å². The molecule has 1 fully saturated rings. The summed E-state index contributed by atoms with van der Waals surface area (Å²) in [6.45, 7) is 5.13. The summed E-state index contributed by atoms with van der Waals surface area (Å²) in [5.74, 6) is 0. The van der Waals surface area contributed by atoms with Crippen molar-refractivity contribution in [1.29, 1.82) is 0 Å². The highest BCUT2D eigenvalue weighted by atomic mass is 32.1. The van der Waals surface area contributed by atoms with Gasteiger partial charge in [-0.15, -0.1) is 0 Å². The maximum absolute atomic E-state index is 5.82. The molecule has 1 saturated heterocycles. The number of nitrogens with zero attached hydrogens (tertiary/aromatic N) is 2. The van der Waals surface area contributed by atoms with Crippen molar-refractivity contribution in [2.24, 2.45) is 5.73 Å². The van der Waals surface area contributed by atoms with Crippen LogP contribution in [-0.4, -0.2) is 36.1 Å². The van der Waals surface area contributed by atoms with Crippen LogP contribution < -0.4 is 10.6 Å². The first-order chi connectivity index (χ1) is 10.7. The average molecular weight is 311 g/mol. The largest absolute Gasteiger partial charge is 0.389 e. The minimum Gasteiger partial charge on any atom is -0.389 e. The van der Waals surface area contributed by atoms with Gasteiger partial charge in [0.1, 0.15) is 4.99 Å². The van der Waals surface area contributed by atoms with Crippen molar-refractivity contribution < 1.29 is 0 Å². The van der Waals surface area contributed by atoms with Gasteiger partial charge in [0.2, 0.25) is 0 Å². The van der Waals surface area contributed by atoms with Crippen LogP contribution in [0.2, 0.25) is 0 Å². The topological polar surface area (TPSA) is 32.5 Å². The molecule has 0 aromatic heterocycles. The minimum atomic E-state index is 0.485. The van der Waals surface area contributed by atoms with Crippen molar-refractivity contribution in [2.75, 3.05) is 31.1 Å². The van der Waals surface area contributed by atoms with Crippen LogP contribution in [0.4, 0.5) is 5.69 Å². The maximum Gasteiger partial charge on any atom is 0.104 e. The molecule has 3 rings (SSSR count). The van der Waals surface area contributed by atoms with Gasteiger partial charge in [-0.25, -0.2) is 0 Å². The Kier molecular flexibility index (Phi) is 4.71. The smallest absolute Gasteiger partial charge is 0.104 e. The lowest BCUT2D eigenvalue weighted by Crippen LogP contribution is -2.46. The van der Waals surface area contributed by atoms with Crippen LogP contribution in [0.3, 0.4) is 0 Å². The molecule has 114 valence electrons. The van der Waals surface area contributed by atoms with Gasteiger partial charge in [0, 0.05) is 44.0 Å². The number of para-hydroxylation sites is 1. The van der Waals surface area contributed by atoms with E-state index in [1.54, 1.807) is 0 Å². The second kappa shape index (κ2) is 6.90. The van der Waals surface area contributed by atoms with Gasteiger partial charge in [0.25, 0.3) is 0 Å². The van der Waals surface area contributed by atoms with Gasteiger partial charge in [0.05, 0.1) is 0 Å². The molecule has 22 heavy (non-hydrogen) atoms. The summed E-state index contributed by atoms with van der Waals surface area (Å²) < 4.78 is 0. The highest BCUT2D eigenvalue weighted by molar-refractivity contribution is 7.80. The molecule has 1 aliphatic rings. The monoisotopic (exact) mass is 311 g/mol. The molecule has 0 amide bonds. The third-order valence-electron chi connectivity index (χ3n) is 4.17. The van der Waals surface area contributed by atoms with Crippen LogP contribution in [0.5, 0.6) is 0 Å². The fraction of sp³-hybridized carbons (Fsp3) is 0.278. The van der Waals surface area contributed by atoms with Crippen molar-refractivity contribution >= 4 is 22.9 Å². The van der Waals surface area contributed by atoms with Gasteiger partial charge in [-0.3, -0.25) is 4.90 Å². The fourth-order valence-electron chi connectivity index (χ4n) is 2.94. The zero-order chi connectivity index (χ0) is 15.4. The number of benzene rings is 2. The summed E-state index contributed by atoms with van der Waals surface area (Å²) in [7, 11) is 0. The van der Waals surface area contributed by atoms with Gasteiger partial charge < -0.3 is 10.6 Å². The Bertz CT molecular complexity index is 634. The number of nitrogens with two attached hydrogens (primary N) is 1. The second-order valence-corrected chi connectivity index (χ2v) is 6.06. The molecule has 2 aromatic rings. The molecular formula is C18H21N3S. The molecule has 2 aromatic carbocycles. The fourth-order valence-corrected chi connectivity index (χ4v) is 3.14. The molecule has 0 unspecified atom stereocenters. The zero-order valence-electron chi connectivity index (χ0n) is 12.6. The lowest BCUT2D eigenvalue weighted by molar-refractivity contribution is 0.250. The van der Waals surface area contributed by atoms with Crippen molar-refractivity contribution in [2.45, 2.75) is 6.54 Å². The SMILES string of the molecule is NC(=S)c1ccccc1CN1CCN(c2ccccc2)CC1. The highest BCUT2D eigenvalue weighted by Gasteiger charge is 2.18. The Hall–Kier alpha value is -1.91. The van der Waals surface area contributed by atoms with Gasteiger partial charge in [-0.1, -0.05) is 54.7 Å². The molecule has 0 saturated carbocycles. The first-order valence-electron chi connectivity index (χ1n) is 7.64. The molecule has 2 N–H and O–H groups in total. The molecular weight excluding hydrogens is 290 g/mol. The van der Waals surface area contributed by atoms with E-state index in [-0.39, 0.29) is 0 Å². The van der Waals surface area contributed by atoms with E-state index in [9.17, 15) is 0 Å². The molecule has 3 nitrogen and oxygen atoms in total. The molecule has 0 aliphatic carbocycles. The van der Waals surface area contributed by atoms with Crippen molar-refractivity contribution in [3.05, 3.63) is 65.7 Å². The van der Waals surface area contributed by atoms with Crippen LogP contribution in [0.25, 0.3) is 0 Å². The number of anilines is 1. The normalized spacial score (nSPS) is 15.7. The zero-order valence-corrected chi connectivity index (χ0v) is 13.4. The molecule has 0 bridgehead atoms. The van der Waals surface area contributed by atoms with E-state index in [4.69, 9.17) is 18.0 Å². The molecule has 1 heterocycles. The third-order valence-corrected chi connectivity index (χ3v) is 4.39. The van der Waals surface area contributed by atoms with Crippen molar-refractivity contribution in [3.8, 4) is 0 Å². The average Bonchev–Trinajstić information content (AvgIpc) is 2.57. The summed E-state index contributed by atoms with van der Waals surface area (Å²) in [4.78, 5) is 5.39. The van der Waals surface area contributed by atoms with E-state index in [1.165, 1.54) is 11.3 Å². The molecule has 4 heteroatoms. The first kappa shape index (κ1) is 15.0. The van der Waals surface area contributed by atoms with Crippen molar-refractivity contribution in [3.63, 3.8) is 0 Å². The summed E-state index contributed by atoms with van der Waals surface area (Å²) >= 11 is 5.15. The highest BCUT2D eigenvalue weighted by Crippen LogP contribution is 2.18. The number of hydrogen-bond acceptors (Lipinski definition) is 3. The van der Waals surface area contributed by atoms with E-state index in [2.05, 4.69) is 52.3 Å². The quantitative estimate of drug-likeness (QED) is 0.880. The van der Waals surface area contributed by atoms with Crippen LogP contribution in [0, 0.1) is 0 Å². The predicted octanol–water partition coefficient (Wildman–Crippen LogP) is 2.64. The Balaban J connectivity index is 1.62. The van der Waals surface area contributed by atoms with Gasteiger partial charge in [0.15, 0.2) is 0 Å².